The maximum absolute atomic E-state index is 13.0. The largest absolute Gasteiger partial charge is 0.479 e. The average Bonchev–Trinajstić information content (AvgIpc) is 3.20. The molecule has 2 heterocycles. The Balaban J connectivity index is 1.55. The molecule has 0 saturated heterocycles. The fourth-order valence-electron chi connectivity index (χ4n) is 3.87. The molecular formula is C21H19Cl2N3O5. The molecule has 4 N–H and O–H groups in total. The van der Waals surface area contributed by atoms with Gasteiger partial charge in [0.2, 0.25) is 0 Å². The summed E-state index contributed by atoms with van der Waals surface area (Å²) >= 11 is 12.9. The summed E-state index contributed by atoms with van der Waals surface area (Å²) in [5, 5.41) is 11.4. The summed E-state index contributed by atoms with van der Waals surface area (Å²) in [6.07, 6.45) is 0.785. The zero-order chi connectivity index (χ0) is 22.3. The van der Waals surface area contributed by atoms with E-state index in [-0.39, 0.29) is 16.5 Å². The highest BCUT2D eigenvalue weighted by atomic mass is 35.5. The van der Waals surface area contributed by atoms with Gasteiger partial charge in [0.15, 0.2) is 6.17 Å². The molecule has 8 nitrogen and oxygen atoms in total. The lowest BCUT2D eigenvalue weighted by Crippen LogP contribution is -2.49. The number of carbonyl (C=O) groups excluding carboxylic acids is 2. The normalized spacial score (nSPS) is 20.0. The number of carbonyl (C=O) groups is 3. The molecule has 4 rings (SSSR count). The second-order valence-corrected chi connectivity index (χ2v) is 8.33. The van der Waals surface area contributed by atoms with Crippen molar-refractivity contribution in [3.63, 3.8) is 0 Å². The van der Waals surface area contributed by atoms with Gasteiger partial charge in [-0.3, -0.25) is 9.59 Å². The number of nitrogens with one attached hydrogen (secondary N) is 1. The first-order valence-corrected chi connectivity index (χ1v) is 10.4. The van der Waals surface area contributed by atoms with Crippen molar-refractivity contribution >= 4 is 52.0 Å². The second kappa shape index (κ2) is 8.37. The first-order valence-electron chi connectivity index (χ1n) is 9.57. The topological polar surface area (TPSA) is 126 Å². The molecule has 1 aromatic heterocycles. The summed E-state index contributed by atoms with van der Waals surface area (Å²) in [6, 6.07) is 7.14. The number of halogens is 2. The maximum atomic E-state index is 13.0. The lowest BCUT2D eigenvalue weighted by molar-refractivity contribution is -0.141. The maximum Gasteiger partial charge on any atom is 0.341 e. The number of fused-ring (bicyclic) bond motifs is 1. The lowest BCUT2D eigenvalue weighted by atomic mass is 9.86. The summed E-state index contributed by atoms with van der Waals surface area (Å²) in [4.78, 5) is 38.1. The number of hydrogen-bond donors (Lipinski definition) is 3. The molecule has 2 aliphatic rings. The highest BCUT2D eigenvalue weighted by Gasteiger charge is 2.35. The summed E-state index contributed by atoms with van der Waals surface area (Å²) in [5.41, 5.74) is 8.28. The molecule has 1 aliphatic heterocycles. The Kier molecular flexibility index (Phi) is 5.79. The molecular weight excluding hydrogens is 445 g/mol. The van der Waals surface area contributed by atoms with Crippen molar-refractivity contribution in [2.45, 2.75) is 24.4 Å². The summed E-state index contributed by atoms with van der Waals surface area (Å²) < 4.78 is 5.38. The van der Waals surface area contributed by atoms with E-state index in [1.54, 1.807) is 23.3 Å². The predicted octanol–water partition coefficient (Wildman–Crippen LogP) is 2.56. The third-order valence-corrected chi connectivity index (χ3v) is 6.27. The van der Waals surface area contributed by atoms with Gasteiger partial charge in [-0.2, -0.15) is 0 Å². The van der Waals surface area contributed by atoms with Gasteiger partial charge in [0.05, 0.1) is 22.2 Å². The fraction of sp³-hybridized carbons (Fsp3) is 0.286. The van der Waals surface area contributed by atoms with Gasteiger partial charge in [0, 0.05) is 24.0 Å². The van der Waals surface area contributed by atoms with E-state index >= 15 is 0 Å². The van der Waals surface area contributed by atoms with Crippen LogP contribution < -0.4 is 11.1 Å². The molecule has 31 heavy (non-hydrogen) atoms. The van der Waals surface area contributed by atoms with Crippen LogP contribution in [0.3, 0.4) is 0 Å². The Labute approximate surface area is 187 Å². The molecule has 0 radical (unpaired) electrons. The number of alkyl halides is 1. The van der Waals surface area contributed by atoms with Crippen LogP contribution in [0.15, 0.2) is 56.7 Å². The molecule has 0 saturated carbocycles. The molecule has 2 atom stereocenters. The van der Waals surface area contributed by atoms with Gasteiger partial charge in [-0.25, -0.2) is 4.79 Å². The number of aliphatic carboxylic acids is 1. The van der Waals surface area contributed by atoms with Gasteiger partial charge in [-0.15, -0.1) is 11.6 Å². The van der Waals surface area contributed by atoms with Crippen molar-refractivity contribution < 1.29 is 23.9 Å². The molecule has 0 fully saturated rings. The van der Waals surface area contributed by atoms with Crippen LogP contribution in [0.4, 0.5) is 0 Å². The number of nitrogens with two attached hydrogens (primary N) is 1. The zero-order valence-electron chi connectivity index (χ0n) is 16.2. The van der Waals surface area contributed by atoms with Crippen LogP contribution in [0.2, 0.25) is 0 Å². The Bertz CT molecular complexity index is 1150. The van der Waals surface area contributed by atoms with Gasteiger partial charge in [0.25, 0.3) is 11.8 Å². The van der Waals surface area contributed by atoms with E-state index in [2.05, 4.69) is 5.32 Å². The highest BCUT2D eigenvalue weighted by Crippen LogP contribution is 2.40. The van der Waals surface area contributed by atoms with Crippen molar-refractivity contribution in [1.29, 1.82) is 0 Å². The summed E-state index contributed by atoms with van der Waals surface area (Å²) in [5.74, 6) is -2.21. The number of carboxylic acids is 1. The molecule has 0 spiro atoms. The van der Waals surface area contributed by atoms with Gasteiger partial charge in [-0.1, -0.05) is 17.7 Å². The number of benzene rings is 1. The molecule has 162 valence electrons. The van der Waals surface area contributed by atoms with Crippen molar-refractivity contribution in [1.82, 2.24) is 10.2 Å². The van der Waals surface area contributed by atoms with Gasteiger partial charge < -0.3 is 25.5 Å². The van der Waals surface area contributed by atoms with Crippen LogP contribution in [0.25, 0.3) is 11.0 Å². The van der Waals surface area contributed by atoms with Crippen LogP contribution in [0, 0.1) is 0 Å². The number of allylic oxidation sites excluding steroid dienone is 1. The number of amides is 2. The monoisotopic (exact) mass is 463 g/mol. The molecule has 2 aromatic rings. The highest BCUT2D eigenvalue weighted by molar-refractivity contribution is 6.37. The molecule has 1 aromatic carbocycles. The van der Waals surface area contributed by atoms with Gasteiger partial charge >= 0.3 is 5.97 Å². The second-order valence-electron chi connectivity index (χ2n) is 7.42. The Morgan fingerprint density at radius 3 is 2.81 bits per heavy atom. The van der Waals surface area contributed by atoms with Crippen molar-refractivity contribution in [3.8, 4) is 0 Å². The first kappa shape index (κ1) is 21.4. The van der Waals surface area contributed by atoms with E-state index in [4.69, 9.17) is 38.5 Å². The van der Waals surface area contributed by atoms with Gasteiger partial charge in [0.1, 0.15) is 5.58 Å². The van der Waals surface area contributed by atoms with Crippen molar-refractivity contribution in [2.24, 2.45) is 5.73 Å². The molecule has 1 aliphatic carbocycles. The summed E-state index contributed by atoms with van der Waals surface area (Å²) in [6.45, 7) is 0.758. The van der Waals surface area contributed by atoms with E-state index in [0.717, 1.165) is 16.5 Å². The Hall–Kier alpha value is -2.81. The van der Waals surface area contributed by atoms with Crippen LogP contribution in [0.5, 0.6) is 0 Å². The third-order valence-electron chi connectivity index (χ3n) is 5.47. The summed E-state index contributed by atoms with van der Waals surface area (Å²) in [7, 11) is 0. The molecule has 2 amide bonds. The number of rotatable bonds is 4. The van der Waals surface area contributed by atoms with E-state index < -0.39 is 23.4 Å². The minimum Gasteiger partial charge on any atom is -0.479 e. The quantitative estimate of drug-likeness (QED) is 0.472. The Morgan fingerprint density at radius 1 is 1.29 bits per heavy atom. The van der Waals surface area contributed by atoms with E-state index in [1.165, 1.54) is 0 Å². The lowest BCUT2D eigenvalue weighted by Gasteiger charge is -2.35. The number of hydrogen-bond acceptors (Lipinski definition) is 5. The third kappa shape index (κ3) is 4.06. The molecule has 0 bridgehead atoms. The minimum atomic E-state index is -1.56. The van der Waals surface area contributed by atoms with Crippen LogP contribution in [-0.2, 0) is 9.59 Å². The SMILES string of the molecule is N[C@H](NC(=O)C1=C(Cl)C2=C(CC1Cl)CN(C(=O)c1ccc3ccoc3c1)CC2)C(=O)O. The van der Waals surface area contributed by atoms with E-state index in [9.17, 15) is 14.4 Å². The van der Waals surface area contributed by atoms with Crippen LogP contribution in [-0.4, -0.2) is 52.4 Å². The van der Waals surface area contributed by atoms with Crippen LogP contribution >= 0.6 is 23.2 Å². The van der Waals surface area contributed by atoms with E-state index in [0.29, 0.717) is 37.1 Å². The van der Waals surface area contributed by atoms with Gasteiger partial charge in [-0.05, 0) is 42.2 Å². The average molecular weight is 464 g/mol. The fourth-order valence-corrected chi connectivity index (χ4v) is 4.76. The number of furan rings is 1. The zero-order valence-corrected chi connectivity index (χ0v) is 17.7. The first-order chi connectivity index (χ1) is 14.8. The number of nitrogens with zero attached hydrogens (tertiary/aromatic N) is 1. The predicted molar refractivity (Wildman–Crippen MR) is 115 cm³/mol. The van der Waals surface area contributed by atoms with Crippen molar-refractivity contribution in [2.75, 3.05) is 13.1 Å². The molecule has 1 unspecified atom stereocenters. The standard InChI is InChI=1S/C21H19Cl2N3O5/c22-14-7-12-9-26(20(28)11-2-1-10-4-6-31-15(10)8-11)5-3-13(12)17(23)16(14)19(27)25-18(24)21(29)30/h1-2,4,6,8,14,18H,3,5,7,9,24H2,(H,25,27)(H,29,30)/t14?,18-/m1/s1. The van der Waals surface area contributed by atoms with Crippen LogP contribution in [0.1, 0.15) is 23.2 Å². The van der Waals surface area contributed by atoms with E-state index in [1.807, 2.05) is 12.1 Å². The smallest absolute Gasteiger partial charge is 0.341 e. The Morgan fingerprint density at radius 2 is 2.06 bits per heavy atom. The van der Waals surface area contributed by atoms with Crippen molar-refractivity contribution in [3.05, 3.63) is 57.8 Å². The minimum absolute atomic E-state index is 0.0989. The number of carboxylic acid groups (broad SMARTS) is 1. The molecule has 10 heteroatoms.